The molecule has 1 aromatic heterocycles. The Hall–Kier alpha value is -0.570. The maximum atomic E-state index is 9.02. The Morgan fingerprint density at radius 3 is 2.89 bits per heavy atom. The molecule has 0 atom stereocenters. The van der Waals surface area contributed by atoms with Gasteiger partial charge in [-0.3, -0.25) is 4.98 Å². The molecule has 0 radical (unpaired) electrons. The van der Waals surface area contributed by atoms with E-state index in [0.717, 1.165) is 5.56 Å². The molecule has 0 aliphatic rings. The number of aromatic hydroxyl groups is 1. The van der Waals surface area contributed by atoms with Gasteiger partial charge in [-0.05, 0) is 6.07 Å². The number of rotatable bonds is 1. The molecule has 3 heteroatoms. The number of aromatic nitrogens is 1. The molecule has 9 heavy (non-hydrogen) atoms. The summed E-state index contributed by atoms with van der Waals surface area (Å²) in [6.45, 7) is 0. The maximum Gasteiger partial charge on any atom is 0.137 e. The van der Waals surface area contributed by atoms with Crippen LogP contribution in [0, 0.1) is 0 Å². The van der Waals surface area contributed by atoms with Crippen LogP contribution in [-0.2, 0) is 5.33 Å². The summed E-state index contributed by atoms with van der Waals surface area (Å²) in [5, 5.41) is 9.69. The van der Waals surface area contributed by atoms with Crippen LogP contribution < -0.4 is 0 Å². The van der Waals surface area contributed by atoms with E-state index in [2.05, 4.69) is 20.9 Å². The highest BCUT2D eigenvalue weighted by molar-refractivity contribution is 9.08. The van der Waals surface area contributed by atoms with Gasteiger partial charge in [0, 0.05) is 17.1 Å². The molecule has 0 bridgehead atoms. The van der Waals surface area contributed by atoms with Gasteiger partial charge in [0.2, 0.25) is 0 Å². The maximum absolute atomic E-state index is 9.02. The van der Waals surface area contributed by atoms with Gasteiger partial charge in [0.25, 0.3) is 0 Å². The number of nitrogens with zero attached hydrogens (tertiary/aromatic N) is 1. The van der Waals surface area contributed by atoms with Crippen molar-refractivity contribution < 1.29 is 5.11 Å². The van der Waals surface area contributed by atoms with Crippen molar-refractivity contribution in [2.24, 2.45) is 0 Å². The third kappa shape index (κ3) is 1.42. The molecule has 2 nitrogen and oxygen atoms in total. The van der Waals surface area contributed by atoms with Gasteiger partial charge >= 0.3 is 0 Å². The van der Waals surface area contributed by atoms with E-state index in [1.807, 2.05) is 0 Å². The number of alkyl halides is 1. The quantitative estimate of drug-likeness (QED) is 0.680. The molecule has 1 rings (SSSR count). The Balaban J connectivity index is 3.01. The predicted molar refractivity (Wildman–Crippen MR) is 38.5 cm³/mol. The fourth-order valence-electron chi connectivity index (χ4n) is 0.528. The van der Waals surface area contributed by atoms with Crippen molar-refractivity contribution in [3.8, 4) is 5.75 Å². The van der Waals surface area contributed by atoms with Crippen LogP contribution in [-0.4, -0.2) is 10.1 Å². The molecular formula is C6H6BrNO. The fraction of sp³-hybridized carbons (Fsp3) is 0.167. The topological polar surface area (TPSA) is 33.1 Å². The molecule has 0 aliphatic heterocycles. The van der Waals surface area contributed by atoms with Crippen LogP contribution in [0.25, 0.3) is 0 Å². The smallest absolute Gasteiger partial charge is 0.137 e. The summed E-state index contributed by atoms with van der Waals surface area (Å²) in [5.41, 5.74) is 0.866. The Kier molecular flexibility index (Phi) is 2.05. The molecular weight excluding hydrogens is 182 g/mol. The fourth-order valence-corrected chi connectivity index (χ4v) is 1.00. The molecule has 0 aromatic carbocycles. The van der Waals surface area contributed by atoms with E-state index in [9.17, 15) is 0 Å². The van der Waals surface area contributed by atoms with E-state index in [1.54, 1.807) is 12.3 Å². The first-order chi connectivity index (χ1) is 4.34. The van der Waals surface area contributed by atoms with Gasteiger partial charge < -0.3 is 5.11 Å². The molecule has 0 amide bonds. The van der Waals surface area contributed by atoms with E-state index in [-0.39, 0.29) is 5.75 Å². The third-order valence-corrected chi connectivity index (χ3v) is 1.64. The highest BCUT2D eigenvalue weighted by Crippen LogP contribution is 2.16. The van der Waals surface area contributed by atoms with Crippen LogP contribution in [0.3, 0.4) is 0 Å². The zero-order valence-electron chi connectivity index (χ0n) is 4.71. The number of hydrogen-bond acceptors (Lipinski definition) is 2. The first-order valence-corrected chi connectivity index (χ1v) is 3.64. The van der Waals surface area contributed by atoms with Gasteiger partial charge in [-0.15, -0.1) is 0 Å². The number of hydrogen-bond donors (Lipinski definition) is 1. The highest BCUT2D eigenvalue weighted by atomic mass is 79.9. The standard InChI is InChI=1S/C6H6BrNO/c7-3-5-1-2-8-4-6(5)9/h1-2,4,9H,3H2. The van der Waals surface area contributed by atoms with E-state index in [1.165, 1.54) is 6.20 Å². The lowest BCUT2D eigenvalue weighted by Gasteiger charge is -1.95. The second-order valence-corrected chi connectivity index (χ2v) is 2.20. The zero-order chi connectivity index (χ0) is 6.69. The van der Waals surface area contributed by atoms with Crippen molar-refractivity contribution in [2.75, 3.05) is 0 Å². The summed E-state index contributed by atoms with van der Waals surface area (Å²) < 4.78 is 0. The monoisotopic (exact) mass is 187 g/mol. The van der Waals surface area contributed by atoms with Gasteiger partial charge in [-0.1, -0.05) is 15.9 Å². The van der Waals surface area contributed by atoms with Crippen molar-refractivity contribution in [2.45, 2.75) is 5.33 Å². The Bertz CT molecular complexity index is 202. The van der Waals surface area contributed by atoms with E-state index in [4.69, 9.17) is 5.11 Å². The molecule has 1 N–H and O–H groups in total. The lowest BCUT2D eigenvalue weighted by Crippen LogP contribution is -1.78. The normalized spacial score (nSPS) is 9.44. The van der Waals surface area contributed by atoms with Crippen LogP contribution in [0.4, 0.5) is 0 Å². The van der Waals surface area contributed by atoms with E-state index >= 15 is 0 Å². The summed E-state index contributed by atoms with van der Waals surface area (Å²) in [6, 6.07) is 1.77. The minimum Gasteiger partial charge on any atom is -0.506 e. The van der Waals surface area contributed by atoms with Crippen LogP contribution in [0.1, 0.15) is 5.56 Å². The van der Waals surface area contributed by atoms with Crippen LogP contribution >= 0.6 is 15.9 Å². The Labute approximate surface area is 61.7 Å². The molecule has 0 spiro atoms. The minimum atomic E-state index is 0.245. The largest absolute Gasteiger partial charge is 0.506 e. The van der Waals surface area contributed by atoms with Gasteiger partial charge in [0.1, 0.15) is 5.75 Å². The SMILES string of the molecule is Oc1cnccc1CBr. The third-order valence-electron chi connectivity index (χ3n) is 1.03. The van der Waals surface area contributed by atoms with Crippen molar-refractivity contribution >= 4 is 15.9 Å². The summed E-state index contributed by atoms with van der Waals surface area (Å²) in [5.74, 6) is 0.245. The van der Waals surface area contributed by atoms with Gasteiger partial charge in [0.05, 0.1) is 6.20 Å². The first-order valence-electron chi connectivity index (χ1n) is 2.52. The van der Waals surface area contributed by atoms with Gasteiger partial charge in [0.15, 0.2) is 0 Å². The van der Waals surface area contributed by atoms with E-state index in [0.29, 0.717) is 5.33 Å². The minimum absolute atomic E-state index is 0.245. The average molecular weight is 188 g/mol. The Morgan fingerprint density at radius 1 is 1.67 bits per heavy atom. The van der Waals surface area contributed by atoms with Crippen LogP contribution in [0.5, 0.6) is 5.75 Å². The van der Waals surface area contributed by atoms with Gasteiger partial charge in [-0.25, -0.2) is 0 Å². The summed E-state index contributed by atoms with van der Waals surface area (Å²) in [4.78, 5) is 3.72. The predicted octanol–water partition coefficient (Wildman–Crippen LogP) is 1.68. The number of pyridine rings is 1. The second kappa shape index (κ2) is 2.82. The molecule has 48 valence electrons. The molecule has 0 saturated carbocycles. The highest BCUT2D eigenvalue weighted by Gasteiger charge is 1.94. The lowest BCUT2D eigenvalue weighted by atomic mass is 10.3. The average Bonchev–Trinajstić information content (AvgIpc) is 1.89. The van der Waals surface area contributed by atoms with Crippen molar-refractivity contribution in [3.05, 3.63) is 24.0 Å². The van der Waals surface area contributed by atoms with Crippen molar-refractivity contribution in [3.63, 3.8) is 0 Å². The van der Waals surface area contributed by atoms with E-state index < -0.39 is 0 Å². The summed E-state index contributed by atoms with van der Waals surface area (Å²) in [6.07, 6.45) is 3.08. The molecule has 0 unspecified atom stereocenters. The molecule has 0 aliphatic carbocycles. The zero-order valence-corrected chi connectivity index (χ0v) is 6.30. The second-order valence-electron chi connectivity index (χ2n) is 1.64. The molecule has 0 fully saturated rings. The summed E-state index contributed by atoms with van der Waals surface area (Å²) in [7, 11) is 0. The van der Waals surface area contributed by atoms with Crippen LogP contribution in [0.15, 0.2) is 18.5 Å². The number of halogens is 1. The molecule has 1 aromatic rings. The first kappa shape index (κ1) is 6.55. The molecule has 0 saturated heterocycles. The Morgan fingerprint density at radius 2 is 2.44 bits per heavy atom. The van der Waals surface area contributed by atoms with Crippen LogP contribution in [0.2, 0.25) is 0 Å². The van der Waals surface area contributed by atoms with Gasteiger partial charge in [-0.2, -0.15) is 0 Å². The summed E-state index contributed by atoms with van der Waals surface area (Å²) >= 11 is 3.22. The van der Waals surface area contributed by atoms with Crippen molar-refractivity contribution in [1.29, 1.82) is 0 Å². The molecule has 1 heterocycles. The lowest BCUT2D eigenvalue weighted by molar-refractivity contribution is 0.468. The van der Waals surface area contributed by atoms with Crippen molar-refractivity contribution in [1.82, 2.24) is 4.98 Å².